The molecule has 0 aliphatic carbocycles. The number of nitrogens with one attached hydrogen (secondary N) is 2. The van der Waals surface area contributed by atoms with Gasteiger partial charge in [-0.2, -0.15) is 0 Å². The lowest BCUT2D eigenvalue weighted by Crippen LogP contribution is -2.35. The lowest BCUT2D eigenvalue weighted by Gasteiger charge is -2.34. The van der Waals surface area contributed by atoms with E-state index in [4.69, 9.17) is 4.74 Å². The van der Waals surface area contributed by atoms with Gasteiger partial charge in [0.2, 0.25) is 0 Å². The first-order valence-corrected chi connectivity index (χ1v) is 13.0. The van der Waals surface area contributed by atoms with E-state index in [1.54, 1.807) is 30.3 Å². The normalized spacial score (nSPS) is 20.0. The topological polar surface area (TPSA) is 87.7 Å². The summed E-state index contributed by atoms with van der Waals surface area (Å²) in [5.74, 6) is 0.252. The molecule has 1 atom stereocenters. The van der Waals surface area contributed by atoms with Crippen molar-refractivity contribution in [3.63, 3.8) is 0 Å². The zero-order valence-corrected chi connectivity index (χ0v) is 20.5. The fourth-order valence-electron chi connectivity index (χ4n) is 4.84. The van der Waals surface area contributed by atoms with Crippen molar-refractivity contribution < 1.29 is 22.7 Å². The van der Waals surface area contributed by atoms with Crippen LogP contribution in [-0.4, -0.2) is 27.1 Å². The van der Waals surface area contributed by atoms with Gasteiger partial charge in [0.15, 0.2) is 9.84 Å². The molecule has 2 aliphatic heterocycles. The Balaban J connectivity index is 1.62. The Hall–Kier alpha value is -3.46. The monoisotopic (exact) mass is 492 g/mol. The largest absolute Gasteiger partial charge is 0.506 e. The van der Waals surface area contributed by atoms with E-state index >= 15 is 4.39 Å². The molecule has 2 aliphatic rings. The standard InChI is InChI=1S/C26H26BFN2O4S/c1-26(2)13-20-25(35(32,33)14-26)23(29-19-7-5-8-21(31)24(19)30-20)16-11-10-15(12-18(16)28)34-22-9-4-3-6-17(22)27/h3-12,23,29-31H,13-14,27H2,1-2H3. The second-order valence-corrected chi connectivity index (χ2v) is 11.9. The molecule has 0 fully saturated rings. The van der Waals surface area contributed by atoms with Gasteiger partial charge in [0, 0.05) is 17.3 Å². The minimum absolute atomic E-state index is 0.0225. The highest BCUT2D eigenvalue weighted by Gasteiger charge is 2.43. The molecule has 9 heteroatoms. The molecule has 2 heterocycles. The van der Waals surface area contributed by atoms with Crippen molar-refractivity contribution in [1.29, 1.82) is 0 Å². The van der Waals surface area contributed by atoms with Crippen molar-refractivity contribution >= 4 is 34.5 Å². The molecule has 0 bridgehead atoms. The number of hydrogen-bond acceptors (Lipinski definition) is 6. The number of ether oxygens (including phenoxy) is 1. The average Bonchev–Trinajstić information content (AvgIpc) is 2.92. The van der Waals surface area contributed by atoms with Gasteiger partial charge in [0.25, 0.3) is 0 Å². The van der Waals surface area contributed by atoms with Crippen molar-refractivity contribution in [1.82, 2.24) is 0 Å². The van der Waals surface area contributed by atoms with Crippen LogP contribution in [0.2, 0.25) is 0 Å². The maximum absolute atomic E-state index is 15.6. The fraction of sp³-hybridized carbons (Fsp3) is 0.231. The van der Waals surface area contributed by atoms with Gasteiger partial charge in [0.1, 0.15) is 36.6 Å². The van der Waals surface area contributed by atoms with E-state index in [1.165, 1.54) is 12.1 Å². The maximum Gasteiger partial charge on any atom is 0.179 e. The number of phenols is 1. The van der Waals surface area contributed by atoms with Crippen molar-refractivity contribution in [3.8, 4) is 17.2 Å². The van der Waals surface area contributed by atoms with Crippen LogP contribution in [0.5, 0.6) is 17.2 Å². The summed E-state index contributed by atoms with van der Waals surface area (Å²) >= 11 is 0. The number of aromatic hydroxyl groups is 1. The Morgan fingerprint density at radius 2 is 1.89 bits per heavy atom. The van der Waals surface area contributed by atoms with E-state index in [0.29, 0.717) is 35.0 Å². The summed E-state index contributed by atoms with van der Waals surface area (Å²) in [5.41, 5.74) is 1.88. The second-order valence-electron chi connectivity index (χ2n) is 9.90. The van der Waals surface area contributed by atoms with Crippen LogP contribution in [0.4, 0.5) is 15.8 Å². The zero-order valence-electron chi connectivity index (χ0n) is 19.7. The lowest BCUT2D eigenvalue weighted by atomic mass is 9.88. The molecule has 180 valence electrons. The summed E-state index contributed by atoms with van der Waals surface area (Å²) in [4.78, 5) is 0.0962. The Kier molecular flexibility index (Phi) is 5.55. The van der Waals surface area contributed by atoms with E-state index < -0.39 is 27.1 Å². The van der Waals surface area contributed by atoms with Crippen molar-refractivity contribution in [2.24, 2.45) is 5.41 Å². The van der Waals surface area contributed by atoms with E-state index in [9.17, 15) is 13.5 Å². The molecular weight excluding hydrogens is 466 g/mol. The van der Waals surface area contributed by atoms with Crippen LogP contribution in [0.15, 0.2) is 71.3 Å². The molecule has 5 rings (SSSR count). The van der Waals surface area contributed by atoms with Gasteiger partial charge in [-0.1, -0.05) is 38.1 Å². The number of allylic oxidation sites excluding steroid dienone is 1. The molecule has 0 saturated carbocycles. The predicted octanol–water partition coefficient (Wildman–Crippen LogP) is 4.22. The number of para-hydroxylation sites is 2. The molecule has 3 N–H and O–H groups in total. The summed E-state index contributed by atoms with van der Waals surface area (Å²) in [6.07, 6.45) is 0.434. The van der Waals surface area contributed by atoms with Crippen LogP contribution in [0.3, 0.4) is 0 Å². The Bertz CT molecular complexity index is 1470. The SMILES string of the molecule is Bc1ccccc1Oc1ccc(C2Nc3cccc(O)c3NC3=C2S(=O)(=O)CC(C)(C)C3)c(F)c1. The third-order valence-corrected chi connectivity index (χ3v) is 8.67. The predicted molar refractivity (Wildman–Crippen MR) is 138 cm³/mol. The number of anilines is 2. The summed E-state index contributed by atoms with van der Waals surface area (Å²) < 4.78 is 48.5. The summed E-state index contributed by atoms with van der Waals surface area (Å²) in [7, 11) is -1.85. The van der Waals surface area contributed by atoms with Crippen molar-refractivity contribution in [2.75, 3.05) is 16.4 Å². The quantitative estimate of drug-likeness (QED) is 0.375. The first-order chi connectivity index (χ1) is 16.5. The highest BCUT2D eigenvalue weighted by atomic mass is 32.2. The first kappa shape index (κ1) is 23.3. The minimum atomic E-state index is -3.75. The average molecular weight is 492 g/mol. The molecule has 6 nitrogen and oxygen atoms in total. The van der Waals surface area contributed by atoms with Gasteiger partial charge in [-0.15, -0.1) is 0 Å². The third kappa shape index (κ3) is 4.36. The Morgan fingerprint density at radius 3 is 2.63 bits per heavy atom. The summed E-state index contributed by atoms with van der Waals surface area (Å²) in [6.45, 7) is 3.76. The molecule has 1 unspecified atom stereocenters. The molecule has 0 spiro atoms. The summed E-state index contributed by atoms with van der Waals surface area (Å²) in [6, 6.07) is 15.8. The molecule has 3 aromatic rings. The van der Waals surface area contributed by atoms with Crippen LogP contribution in [-0.2, 0) is 9.84 Å². The number of rotatable bonds is 3. The number of hydrogen-bond donors (Lipinski definition) is 3. The van der Waals surface area contributed by atoms with Crippen molar-refractivity contribution in [2.45, 2.75) is 26.3 Å². The van der Waals surface area contributed by atoms with Gasteiger partial charge in [-0.3, -0.25) is 0 Å². The van der Waals surface area contributed by atoms with Crippen LogP contribution in [0, 0.1) is 11.2 Å². The molecule has 35 heavy (non-hydrogen) atoms. The minimum Gasteiger partial charge on any atom is -0.506 e. The smallest absolute Gasteiger partial charge is 0.179 e. The summed E-state index contributed by atoms with van der Waals surface area (Å²) in [5, 5.41) is 16.8. The molecule has 0 amide bonds. The Labute approximate surface area is 205 Å². The van der Waals surface area contributed by atoms with Gasteiger partial charge in [-0.05, 0) is 47.6 Å². The zero-order chi connectivity index (χ0) is 25.0. The van der Waals surface area contributed by atoms with Crippen LogP contribution in [0.1, 0.15) is 31.9 Å². The number of sulfone groups is 1. The lowest BCUT2D eigenvalue weighted by molar-refractivity contribution is 0.400. The van der Waals surface area contributed by atoms with E-state index in [0.717, 1.165) is 5.46 Å². The maximum atomic E-state index is 15.6. The van der Waals surface area contributed by atoms with Gasteiger partial charge >= 0.3 is 0 Å². The number of benzene rings is 3. The molecular formula is C26H26BFN2O4S. The number of fused-ring (bicyclic) bond motifs is 1. The number of phenolic OH excluding ortho intramolecular Hbond substituents is 1. The molecule has 3 aromatic carbocycles. The van der Waals surface area contributed by atoms with E-state index in [2.05, 4.69) is 10.6 Å². The van der Waals surface area contributed by atoms with Crippen LogP contribution in [0.25, 0.3) is 0 Å². The molecule has 0 radical (unpaired) electrons. The molecule has 0 aromatic heterocycles. The molecule has 0 saturated heterocycles. The van der Waals surface area contributed by atoms with Gasteiger partial charge in [0.05, 0.1) is 22.4 Å². The fourth-order valence-corrected chi connectivity index (χ4v) is 7.17. The number of halogens is 1. The van der Waals surface area contributed by atoms with Crippen LogP contribution < -0.4 is 20.8 Å². The third-order valence-electron chi connectivity index (χ3n) is 6.35. The van der Waals surface area contributed by atoms with E-state index in [-0.39, 0.29) is 22.0 Å². The highest BCUT2D eigenvalue weighted by molar-refractivity contribution is 7.95. The van der Waals surface area contributed by atoms with Gasteiger partial charge < -0.3 is 20.5 Å². The highest BCUT2D eigenvalue weighted by Crippen LogP contribution is 2.48. The Morgan fingerprint density at radius 1 is 1.11 bits per heavy atom. The first-order valence-electron chi connectivity index (χ1n) is 11.4. The van der Waals surface area contributed by atoms with Crippen LogP contribution >= 0.6 is 0 Å². The van der Waals surface area contributed by atoms with Crippen molar-refractivity contribution in [3.05, 3.63) is 82.6 Å². The van der Waals surface area contributed by atoms with Gasteiger partial charge in [-0.25, -0.2) is 12.8 Å². The second kappa shape index (κ2) is 8.34. The van der Waals surface area contributed by atoms with E-state index in [1.807, 2.05) is 39.9 Å².